The minimum absolute atomic E-state index is 0.153. The molecule has 0 fully saturated rings. The van der Waals surface area contributed by atoms with E-state index in [1.54, 1.807) is 0 Å². The van der Waals surface area contributed by atoms with E-state index >= 15 is 0 Å². The molecule has 0 radical (unpaired) electrons. The molecule has 2 amide bonds. The molecule has 4 heteroatoms. The number of benzene rings is 2. The number of carbonyl (C=O) groups excluding carboxylic acids is 1. The second kappa shape index (κ2) is 8.22. The number of hydrogen-bond donors (Lipinski definition) is 2. The van der Waals surface area contributed by atoms with Crippen LogP contribution in [-0.2, 0) is 6.42 Å². The van der Waals surface area contributed by atoms with Crippen LogP contribution < -0.4 is 15.4 Å². The van der Waals surface area contributed by atoms with E-state index in [-0.39, 0.29) is 12.8 Å². The summed E-state index contributed by atoms with van der Waals surface area (Å²) in [5.41, 5.74) is 4.76. The molecule has 23 heavy (non-hydrogen) atoms. The summed E-state index contributed by atoms with van der Waals surface area (Å²) in [6.07, 6.45) is 0.817. The maximum Gasteiger partial charge on any atom is 0.317 e. The molecule has 2 aromatic carbocycles. The molecule has 0 aromatic heterocycles. The zero-order valence-electron chi connectivity index (χ0n) is 14.0. The van der Waals surface area contributed by atoms with Gasteiger partial charge in [-0.15, -0.1) is 0 Å². The van der Waals surface area contributed by atoms with Gasteiger partial charge in [-0.25, -0.2) is 4.79 Å². The normalized spacial score (nSPS) is 10.2. The molecule has 0 aliphatic rings. The van der Waals surface area contributed by atoms with Gasteiger partial charge in [0.2, 0.25) is 0 Å². The van der Waals surface area contributed by atoms with E-state index in [2.05, 4.69) is 29.7 Å². The van der Waals surface area contributed by atoms with E-state index in [1.807, 2.05) is 44.2 Å². The molecule has 2 rings (SSSR count). The van der Waals surface area contributed by atoms with E-state index in [0.29, 0.717) is 6.54 Å². The second-order valence-electron chi connectivity index (χ2n) is 5.60. The summed E-state index contributed by atoms with van der Waals surface area (Å²) >= 11 is 0. The first-order valence-electron chi connectivity index (χ1n) is 7.83. The third-order valence-corrected chi connectivity index (χ3v) is 3.96. The number of nitrogens with one attached hydrogen (secondary N) is 2. The first-order chi connectivity index (χ1) is 11.1. The van der Waals surface area contributed by atoms with Gasteiger partial charge in [0.1, 0.15) is 5.75 Å². The van der Waals surface area contributed by atoms with Crippen molar-refractivity contribution in [3.63, 3.8) is 0 Å². The number of aryl methyl sites for hydroxylation is 2. The number of ether oxygens (including phenoxy) is 1. The molecule has 0 aliphatic carbocycles. The molecule has 0 aliphatic heterocycles. The fraction of sp³-hybridized carbons (Fsp3) is 0.316. The average Bonchev–Trinajstić information content (AvgIpc) is 2.53. The van der Waals surface area contributed by atoms with E-state index in [4.69, 9.17) is 4.74 Å². The van der Waals surface area contributed by atoms with Crippen LogP contribution in [-0.4, -0.2) is 19.3 Å². The number of rotatable bonds is 6. The number of amides is 2. The van der Waals surface area contributed by atoms with Gasteiger partial charge in [0.25, 0.3) is 0 Å². The Bertz CT molecular complexity index is 668. The van der Waals surface area contributed by atoms with Gasteiger partial charge in [-0.2, -0.15) is 0 Å². The first-order valence-corrected chi connectivity index (χ1v) is 7.83. The van der Waals surface area contributed by atoms with Gasteiger partial charge in [0, 0.05) is 6.54 Å². The largest absolute Gasteiger partial charge is 0.473 e. The molecule has 4 nitrogen and oxygen atoms in total. The Balaban J connectivity index is 1.69. The van der Waals surface area contributed by atoms with Gasteiger partial charge in [0.15, 0.2) is 6.73 Å². The highest BCUT2D eigenvalue weighted by atomic mass is 16.5. The predicted octanol–water partition coefficient (Wildman–Crippen LogP) is 3.49. The van der Waals surface area contributed by atoms with Crippen LogP contribution in [0.5, 0.6) is 5.75 Å². The maximum atomic E-state index is 11.8. The van der Waals surface area contributed by atoms with Crippen molar-refractivity contribution < 1.29 is 9.53 Å². The van der Waals surface area contributed by atoms with Gasteiger partial charge < -0.3 is 15.4 Å². The molecule has 2 aromatic rings. The highest BCUT2D eigenvalue weighted by Gasteiger charge is 2.04. The fourth-order valence-electron chi connectivity index (χ4n) is 2.32. The SMILES string of the molecule is Cc1ccccc1CCNC(=O)NCOc1cccc(C)c1C. The smallest absolute Gasteiger partial charge is 0.317 e. The Labute approximate surface area is 137 Å². The fourth-order valence-corrected chi connectivity index (χ4v) is 2.32. The Morgan fingerprint density at radius 2 is 1.70 bits per heavy atom. The Morgan fingerprint density at radius 3 is 2.48 bits per heavy atom. The summed E-state index contributed by atoms with van der Waals surface area (Å²) in [6.45, 7) is 6.87. The summed E-state index contributed by atoms with van der Waals surface area (Å²) in [6, 6.07) is 13.9. The van der Waals surface area contributed by atoms with Crippen LogP contribution in [0, 0.1) is 20.8 Å². The summed E-state index contributed by atoms with van der Waals surface area (Å²) in [5.74, 6) is 0.796. The van der Waals surface area contributed by atoms with E-state index in [1.165, 1.54) is 16.7 Å². The highest BCUT2D eigenvalue weighted by molar-refractivity contribution is 5.73. The van der Waals surface area contributed by atoms with Crippen LogP contribution in [0.1, 0.15) is 22.3 Å². The molecule has 0 spiro atoms. The second-order valence-corrected chi connectivity index (χ2v) is 5.60. The predicted molar refractivity (Wildman–Crippen MR) is 92.8 cm³/mol. The van der Waals surface area contributed by atoms with E-state index < -0.39 is 0 Å². The standard InChI is InChI=1S/C19H24N2O2/c1-14-8-6-10-18(16(14)3)23-13-21-19(22)20-12-11-17-9-5-4-7-15(17)2/h4-10H,11-13H2,1-3H3,(H2,20,21,22). The molecule has 0 atom stereocenters. The van der Waals surface area contributed by atoms with Gasteiger partial charge in [0.05, 0.1) is 0 Å². The van der Waals surface area contributed by atoms with Gasteiger partial charge in [-0.3, -0.25) is 0 Å². The molecule has 0 unspecified atom stereocenters. The summed E-state index contributed by atoms with van der Waals surface area (Å²) in [7, 11) is 0. The first kappa shape index (κ1) is 16.9. The van der Waals surface area contributed by atoms with E-state index in [9.17, 15) is 4.79 Å². The van der Waals surface area contributed by atoms with Crippen LogP contribution in [0.4, 0.5) is 4.79 Å². The zero-order chi connectivity index (χ0) is 16.7. The summed E-state index contributed by atoms with van der Waals surface area (Å²) in [4.78, 5) is 11.8. The lowest BCUT2D eigenvalue weighted by Gasteiger charge is -2.12. The van der Waals surface area contributed by atoms with Gasteiger partial charge >= 0.3 is 6.03 Å². The molecule has 122 valence electrons. The number of hydrogen-bond acceptors (Lipinski definition) is 2. The third-order valence-electron chi connectivity index (χ3n) is 3.96. The van der Waals surface area contributed by atoms with Crippen molar-refractivity contribution in [3.8, 4) is 5.75 Å². The van der Waals surface area contributed by atoms with Crippen molar-refractivity contribution in [3.05, 3.63) is 64.7 Å². The van der Waals surface area contributed by atoms with Crippen LogP contribution in [0.2, 0.25) is 0 Å². The lowest BCUT2D eigenvalue weighted by atomic mass is 10.1. The molecule has 0 bridgehead atoms. The minimum Gasteiger partial charge on any atom is -0.473 e. The lowest BCUT2D eigenvalue weighted by Crippen LogP contribution is -2.38. The number of urea groups is 1. The van der Waals surface area contributed by atoms with Crippen molar-refractivity contribution in [2.24, 2.45) is 0 Å². The Morgan fingerprint density at radius 1 is 0.957 bits per heavy atom. The third kappa shape index (κ3) is 5.02. The van der Waals surface area contributed by atoms with Gasteiger partial charge in [-0.05, 0) is 55.5 Å². The highest BCUT2D eigenvalue weighted by Crippen LogP contribution is 2.19. The topological polar surface area (TPSA) is 50.4 Å². The molecular formula is C19H24N2O2. The van der Waals surface area contributed by atoms with Crippen LogP contribution in [0.25, 0.3) is 0 Å². The van der Waals surface area contributed by atoms with Crippen LogP contribution >= 0.6 is 0 Å². The van der Waals surface area contributed by atoms with Crippen molar-refractivity contribution >= 4 is 6.03 Å². The quantitative estimate of drug-likeness (QED) is 0.802. The monoisotopic (exact) mass is 312 g/mol. The molecule has 0 saturated heterocycles. The summed E-state index contributed by atoms with van der Waals surface area (Å²) < 4.78 is 5.60. The van der Waals surface area contributed by atoms with E-state index in [0.717, 1.165) is 17.7 Å². The Kier molecular flexibility index (Phi) is 6.03. The average molecular weight is 312 g/mol. The summed E-state index contributed by atoms with van der Waals surface area (Å²) in [5, 5.41) is 5.55. The van der Waals surface area contributed by atoms with Crippen molar-refractivity contribution in [2.45, 2.75) is 27.2 Å². The maximum absolute atomic E-state index is 11.8. The number of carbonyl (C=O) groups is 1. The molecular weight excluding hydrogens is 288 g/mol. The van der Waals surface area contributed by atoms with Gasteiger partial charge in [-0.1, -0.05) is 36.4 Å². The van der Waals surface area contributed by atoms with Crippen molar-refractivity contribution in [2.75, 3.05) is 13.3 Å². The Hall–Kier alpha value is -2.49. The lowest BCUT2D eigenvalue weighted by molar-refractivity contribution is 0.224. The molecule has 2 N–H and O–H groups in total. The molecule has 0 heterocycles. The molecule has 0 saturated carbocycles. The van der Waals surface area contributed by atoms with Crippen LogP contribution in [0.3, 0.4) is 0 Å². The van der Waals surface area contributed by atoms with Crippen molar-refractivity contribution in [1.29, 1.82) is 0 Å². The zero-order valence-corrected chi connectivity index (χ0v) is 14.0. The van der Waals surface area contributed by atoms with Crippen molar-refractivity contribution in [1.82, 2.24) is 10.6 Å². The minimum atomic E-state index is -0.219. The van der Waals surface area contributed by atoms with Crippen LogP contribution in [0.15, 0.2) is 42.5 Å².